The minimum Gasteiger partial charge on any atom is -0.450 e. The summed E-state index contributed by atoms with van der Waals surface area (Å²) in [6.45, 7) is 0. The predicted molar refractivity (Wildman–Crippen MR) is 124 cm³/mol. The first kappa shape index (κ1) is 21.3. The van der Waals surface area contributed by atoms with Crippen molar-refractivity contribution >= 4 is 75.6 Å². The zero-order chi connectivity index (χ0) is 23.1. The van der Waals surface area contributed by atoms with Crippen molar-refractivity contribution in [3.8, 4) is 0 Å². The molecule has 8 nitrogen and oxygen atoms in total. The molecule has 4 amide bonds. The second kappa shape index (κ2) is 8.43. The predicted octanol–water partition coefficient (Wildman–Crippen LogP) is 5.28. The molecule has 0 spiro atoms. The first-order chi connectivity index (χ1) is 15.9. The summed E-state index contributed by atoms with van der Waals surface area (Å²) in [6.07, 6.45) is 1.26. The highest BCUT2D eigenvalue weighted by Crippen LogP contribution is 2.35. The zero-order valence-corrected chi connectivity index (χ0v) is 18.8. The lowest BCUT2D eigenvalue weighted by molar-refractivity contribution is -0.122. The Morgan fingerprint density at radius 3 is 2.64 bits per heavy atom. The minimum absolute atomic E-state index is 0.0129. The van der Waals surface area contributed by atoms with Crippen LogP contribution in [-0.2, 0) is 9.59 Å². The van der Waals surface area contributed by atoms with Gasteiger partial charge in [0.15, 0.2) is 10.2 Å². The summed E-state index contributed by atoms with van der Waals surface area (Å²) in [5.74, 6) is -1.45. The standard InChI is InChI=1S/C22H12Cl2N4O4S/c23-13-4-3-7-16(18(13)24)28-20(30)12(19(29)27-22(28)31)10-11-8-9-17(32-11)33-21-25-14-5-1-2-6-15(14)26-21/h1-10H,(H,25,26)(H,27,29,31)/b12-10+. The molecule has 1 aliphatic rings. The number of carbonyl (C=O) groups excluding carboxylic acids is 3. The fraction of sp³-hybridized carbons (Fsp3) is 0. The summed E-state index contributed by atoms with van der Waals surface area (Å²) in [7, 11) is 0. The summed E-state index contributed by atoms with van der Waals surface area (Å²) in [4.78, 5) is 46.2. The van der Waals surface area contributed by atoms with E-state index in [0.29, 0.717) is 10.2 Å². The molecule has 164 valence electrons. The maximum atomic E-state index is 13.0. The van der Waals surface area contributed by atoms with Crippen LogP contribution >= 0.6 is 35.0 Å². The summed E-state index contributed by atoms with van der Waals surface area (Å²) in [5, 5.41) is 3.43. The number of rotatable bonds is 4. The molecule has 33 heavy (non-hydrogen) atoms. The van der Waals surface area contributed by atoms with E-state index in [0.717, 1.165) is 15.9 Å². The van der Waals surface area contributed by atoms with E-state index in [1.54, 1.807) is 12.1 Å². The number of nitrogens with one attached hydrogen (secondary N) is 2. The molecule has 0 radical (unpaired) electrons. The third kappa shape index (κ3) is 4.02. The summed E-state index contributed by atoms with van der Waals surface area (Å²) < 4.78 is 5.74. The third-order valence-corrected chi connectivity index (χ3v) is 6.34. The topological polar surface area (TPSA) is 108 Å². The minimum atomic E-state index is -0.924. The molecule has 5 rings (SSSR count). The quantitative estimate of drug-likeness (QED) is 0.292. The Bertz CT molecular complexity index is 1440. The fourth-order valence-electron chi connectivity index (χ4n) is 3.22. The number of hydrogen-bond donors (Lipinski definition) is 2. The lowest BCUT2D eigenvalue weighted by atomic mass is 10.1. The maximum Gasteiger partial charge on any atom is 0.336 e. The SMILES string of the molecule is O=C1NC(=O)N(c2cccc(Cl)c2Cl)C(=O)/C1=C/c1ccc(Sc2nc3ccccc3[nH]2)o1. The van der Waals surface area contributed by atoms with Crippen LogP contribution < -0.4 is 10.2 Å². The van der Waals surface area contributed by atoms with Gasteiger partial charge in [-0.1, -0.05) is 41.4 Å². The second-order valence-electron chi connectivity index (χ2n) is 6.85. The van der Waals surface area contributed by atoms with Crippen molar-refractivity contribution in [1.82, 2.24) is 15.3 Å². The highest BCUT2D eigenvalue weighted by molar-refractivity contribution is 7.99. The first-order valence-corrected chi connectivity index (χ1v) is 11.1. The number of amides is 4. The van der Waals surface area contributed by atoms with Gasteiger partial charge in [-0.2, -0.15) is 0 Å². The van der Waals surface area contributed by atoms with Gasteiger partial charge in [0.25, 0.3) is 11.8 Å². The number of carbonyl (C=O) groups is 3. The number of hydrogen-bond acceptors (Lipinski definition) is 6. The monoisotopic (exact) mass is 498 g/mol. The number of para-hydroxylation sites is 2. The molecule has 2 aromatic heterocycles. The Hall–Kier alpha value is -3.53. The first-order valence-electron chi connectivity index (χ1n) is 9.48. The molecule has 4 aromatic rings. The van der Waals surface area contributed by atoms with Crippen molar-refractivity contribution in [3.63, 3.8) is 0 Å². The Labute approximate surface area is 200 Å². The fourth-order valence-corrected chi connectivity index (χ4v) is 4.37. The number of benzene rings is 2. The average molecular weight is 499 g/mol. The molecule has 11 heteroatoms. The molecule has 2 aromatic carbocycles. The number of aromatic amines is 1. The van der Waals surface area contributed by atoms with Gasteiger partial charge in [-0.05, 0) is 54.2 Å². The number of fused-ring (bicyclic) bond motifs is 1. The number of halogens is 2. The molecule has 0 unspecified atom stereocenters. The smallest absolute Gasteiger partial charge is 0.336 e. The molecule has 1 aliphatic heterocycles. The Kier molecular flexibility index (Phi) is 5.45. The number of imidazole rings is 1. The van der Waals surface area contributed by atoms with E-state index in [-0.39, 0.29) is 27.1 Å². The Morgan fingerprint density at radius 2 is 1.82 bits per heavy atom. The van der Waals surface area contributed by atoms with E-state index in [9.17, 15) is 14.4 Å². The third-order valence-electron chi connectivity index (χ3n) is 4.73. The maximum absolute atomic E-state index is 13.0. The van der Waals surface area contributed by atoms with Gasteiger partial charge in [0, 0.05) is 0 Å². The number of H-pyrrole nitrogens is 1. The van der Waals surface area contributed by atoms with E-state index in [1.165, 1.54) is 36.0 Å². The average Bonchev–Trinajstić information content (AvgIpc) is 3.40. The molecule has 0 bridgehead atoms. The van der Waals surface area contributed by atoms with Crippen molar-refractivity contribution < 1.29 is 18.8 Å². The highest BCUT2D eigenvalue weighted by Gasteiger charge is 2.38. The molecule has 1 fully saturated rings. The van der Waals surface area contributed by atoms with Gasteiger partial charge < -0.3 is 9.40 Å². The van der Waals surface area contributed by atoms with Crippen LogP contribution in [0.5, 0.6) is 0 Å². The Morgan fingerprint density at radius 1 is 1.00 bits per heavy atom. The largest absolute Gasteiger partial charge is 0.450 e. The normalized spacial score (nSPS) is 15.5. The van der Waals surface area contributed by atoms with Gasteiger partial charge in [0.1, 0.15) is 11.3 Å². The van der Waals surface area contributed by atoms with E-state index in [1.807, 2.05) is 24.3 Å². The molecular formula is C22H12Cl2N4O4S. The molecule has 1 saturated heterocycles. The summed E-state index contributed by atoms with van der Waals surface area (Å²) in [6, 6.07) is 14.5. The van der Waals surface area contributed by atoms with Crippen molar-refractivity contribution in [3.05, 3.63) is 76.0 Å². The molecule has 2 N–H and O–H groups in total. The van der Waals surface area contributed by atoms with Gasteiger partial charge in [-0.3, -0.25) is 14.9 Å². The van der Waals surface area contributed by atoms with Gasteiger partial charge in [-0.15, -0.1) is 0 Å². The number of imide groups is 2. The molecule has 0 aliphatic carbocycles. The van der Waals surface area contributed by atoms with Crippen LogP contribution in [0.3, 0.4) is 0 Å². The number of nitrogens with zero attached hydrogens (tertiary/aromatic N) is 2. The zero-order valence-electron chi connectivity index (χ0n) is 16.5. The summed E-state index contributed by atoms with van der Waals surface area (Å²) >= 11 is 13.4. The van der Waals surface area contributed by atoms with Crippen LogP contribution in [-0.4, -0.2) is 27.8 Å². The van der Waals surface area contributed by atoms with Crippen molar-refractivity contribution in [2.75, 3.05) is 4.90 Å². The molecular weight excluding hydrogens is 487 g/mol. The van der Waals surface area contributed by atoms with Crippen LogP contribution in [0, 0.1) is 0 Å². The van der Waals surface area contributed by atoms with E-state index < -0.39 is 17.8 Å². The number of barbiturate groups is 1. The lowest BCUT2D eigenvalue weighted by Crippen LogP contribution is -2.54. The highest BCUT2D eigenvalue weighted by atomic mass is 35.5. The Balaban J connectivity index is 1.42. The van der Waals surface area contributed by atoms with Crippen molar-refractivity contribution in [2.45, 2.75) is 10.2 Å². The van der Waals surface area contributed by atoms with Gasteiger partial charge >= 0.3 is 6.03 Å². The van der Waals surface area contributed by atoms with Crippen molar-refractivity contribution in [1.29, 1.82) is 0 Å². The summed E-state index contributed by atoms with van der Waals surface area (Å²) in [5.41, 5.74) is 1.48. The molecule has 3 heterocycles. The van der Waals surface area contributed by atoms with Crippen LogP contribution in [0.25, 0.3) is 17.1 Å². The second-order valence-corrected chi connectivity index (χ2v) is 8.63. The molecule has 0 atom stereocenters. The van der Waals surface area contributed by atoms with Crippen LogP contribution in [0.2, 0.25) is 10.0 Å². The van der Waals surface area contributed by atoms with Gasteiger partial charge in [-0.25, -0.2) is 14.7 Å². The van der Waals surface area contributed by atoms with Gasteiger partial charge in [0.2, 0.25) is 0 Å². The van der Waals surface area contributed by atoms with E-state index >= 15 is 0 Å². The number of urea groups is 1. The van der Waals surface area contributed by atoms with Crippen LogP contribution in [0.15, 0.2) is 74.8 Å². The van der Waals surface area contributed by atoms with Crippen molar-refractivity contribution in [2.24, 2.45) is 0 Å². The van der Waals surface area contributed by atoms with Crippen LogP contribution in [0.1, 0.15) is 5.76 Å². The lowest BCUT2D eigenvalue weighted by Gasteiger charge is -2.27. The number of aromatic nitrogens is 2. The number of furan rings is 1. The molecule has 0 saturated carbocycles. The number of anilines is 1. The van der Waals surface area contributed by atoms with Gasteiger partial charge in [0.05, 0.1) is 26.8 Å². The van der Waals surface area contributed by atoms with E-state index in [2.05, 4.69) is 15.3 Å². The van der Waals surface area contributed by atoms with E-state index in [4.69, 9.17) is 27.6 Å². The van der Waals surface area contributed by atoms with Crippen LogP contribution in [0.4, 0.5) is 10.5 Å².